The lowest BCUT2D eigenvalue weighted by Crippen LogP contribution is -2.43. The number of hydrogen-bond donors (Lipinski definition) is 1. The Morgan fingerprint density at radius 3 is 2.60 bits per heavy atom. The first-order valence-electron chi connectivity index (χ1n) is 6.88. The maximum Gasteiger partial charge on any atom is 0.410 e. The van der Waals surface area contributed by atoms with E-state index in [9.17, 15) is 9.90 Å². The Kier molecular flexibility index (Phi) is 5.05. The van der Waals surface area contributed by atoms with Crippen LogP contribution in [0.5, 0.6) is 0 Å². The first-order valence-corrected chi connectivity index (χ1v) is 7.67. The summed E-state index contributed by atoms with van der Waals surface area (Å²) in [4.78, 5) is 13.8. The van der Waals surface area contributed by atoms with Gasteiger partial charge in [0.25, 0.3) is 0 Å². The third-order valence-electron chi connectivity index (χ3n) is 3.62. The molecule has 0 bridgehead atoms. The largest absolute Gasteiger partial charge is 0.446 e. The van der Waals surface area contributed by atoms with E-state index in [4.69, 9.17) is 4.74 Å². The zero-order valence-corrected chi connectivity index (χ0v) is 13.3. The first-order chi connectivity index (χ1) is 9.47. The summed E-state index contributed by atoms with van der Waals surface area (Å²) in [6.07, 6.45) is 0.362. The smallest absolute Gasteiger partial charge is 0.410 e. The molecule has 0 aromatic heterocycles. The summed E-state index contributed by atoms with van der Waals surface area (Å²) in [6.45, 7) is 4.37. The van der Waals surface area contributed by atoms with Gasteiger partial charge in [0, 0.05) is 23.9 Å². The summed E-state index contributed by atoms with van der Waals surface area (Å²) in [5, 5.41) is 9.36. The van der Waals surface area contributed by atoms with Crippen LogP contribution in [0.2, 0.25) is 0 Å². The molecule has 0 radical (unpaired) electrons. The van der Waals surface area contributed by atoms with E-state index in [-0.39, 0.29) is 18.2 Å². The molecular weight excluding hydrogens is 322 g/mol. The van der Waals surface area contributed by atoms with Gasteiger partial charge in [-0.2, -0.15) is 0 Å². The van der Waals surface area contributed by atoms with E-state index in [1.165, 1.54) is 0 Å². The SMILES string of the molecule is CC(O)CC1CCN(C(C)c2ccc(Br)cc2)C(=O)O1. The monoisotopic (exact) mass is 341 g/mol. The molecule has 4 nitrogen and oxygen atoms in total. The van der Waals surface area contributed by atoms with Crippen molar-refractivity contribution in [2.75, 3.05) is 6.54 Å². The molecule has 1 N–H and O–H groups in total. The van der Waals surface area contributed by atoms with Crippen LogP contribution in [0.4, 0.5) is 4.79 Å². The Bertz CT molecular complexity index is 461. The molecular formula is C15H20BrNO3. The van der Waals surface area contributed by atoms with Crippen LogP contribution in [0.15, 0.2) is 28.7 Å². The van der Waals surface area contributed by atoms with Gasteiger partial charge in [-0.05, 0) is 31.5 Å². The van der Waals surface area contributed by atoms with Crippen LogP contribution in [0.25, 0.3) is 0 Å². The standard InChI is InChI=1S/C15H20BrNO3/c1-10(18)9-14-7-8-17(15(19)20-14)11(2)12-3-5-13(16)6-4-12/h3-6,10-11,14,18H,7-9H2,1-2H3. The highest BCUT2D eigenvalue weighted by Gasteiger charge is 2.31. The molecule has 3 atom stereocenters. The van der Waals surface area contributed by atoms with Crippen molar-refractivity contribution in [3.63, 3.8) is 0 Å². The first kappa shape index (κ1) is 15.3. The van der Waals surface area contributed by atoms with E-state index in [2.05, 4.69) is 15.9 Å². The van der Waals surface area contributed by atoms with E-state index < -0.39 is 6.10 Å². The highest BCUT2D eigenvalue weighted by atomic mass is 79.9. The molecule has 1 aromatic carbocycles. The predicted octanol–water partition coefficient (Wildman–Crippen LogP) is 3.49. The number of aliphatic hydroxyl groups is 1. The van der Waals surface area contributed by atoms with Gasteiger partial charge < -0.3 is 14.7 Å². The van der Waals surface area contributed by atoms with E-state index >= 15 is 0 Å². The average Bonchev–Trinajstić information content (AvgIpc) is 2.38. The Morgan fingerprint density at radius 2 is 2.05 bits per heavy atom. The number of carbonyl (C=O) groups excluding carboxylic acids is 1. The van der Waals surface area contributed by atoms with Crippen LogP contribution in [-0.2, 0) is 4.74 Å². The summed E-state index contributed by atoms with van der Waals surface area (Å²) < 4.78 is 6.41. The highest BCUT2D eigenvalue weighted by Crippen LogP contribution is 2.27. The van der Waals surface area contributed by atoms with Gasteiger partial charge in [0.2, 0.25) is 0 Å². The number of nitrogens with zero attached hydrogens (tertiary/aromatic N) is 1. The van der Waals surface area contributed by atoms with Crippen molar-refractivity contribution in [2.45, 2.75) is 44.9 Å². The number of hydrogen-bond acceptors (Lipinski definition) is 3. The summed E-state index contributed by atoms with van der Waals surface area (Å²) >= 11 is 3.40. The van der Waals surface area contributed by atoms with Crippen LogP contribution in [0.3, 0.4) is 0 Å². The van der Waals surface area contributed by atoms with Crippen molar-refractivity contribution in [2.24, 2.45) is 0 Å². The third kappa shape index (κ3) is 3.73. The number of halogens is 1. The number of ether oxygens (including phenoxy) is 1. The molecule has 1 aromatic rings. The fourth-order valence-corrected chi connectivity index (χ4v) is 2.73. The van der Waals surface area contributed by atoms with Gasteiger partial charge in [0.1, 0.15) is 6.10 Å². The van der Waals surface area contributed by atoms with Crippen molar-refractivity contribution >= 4 is 22.0 Å². The molecule has 110 valence electrons. The fraction of sp³-hybridized carbons (Fsp3) is 0.533. The van der Waals surface area contributed by atoms with E-state index in [0.717, 1.165) is 16.5 Å². The Morgan fingerprint density at radius 1 is 1.40 bits per heavy atom. The van der Waals surface area contributed by atoms with Gasteiger partial charge in [-0.15, -0.1) is 0 Å². The molecule has 2 rings (SSSR count). The number of carbonyl (C=O) groups is 1. The topological polar surface area (TPSA) is 49.8 Å². The van der Waals surface area contributed by atoms with Gasteiger partial charge in [0.05, 0.1) is 12.1 Å². The molecule has 20 heavy (non-hydrogen) atoms. The second kappa shape index (κ2) is 6.59. The predicted molar refractivity (Wildman–Crippen MR) is 80.4 cm³/mol. The molecule has 3 unspecified atom stereocenters. The minimum Gasteiger partial charge on any atom is -0.446 e. The second-order valence-corrected chi connectivity index (χ2v) is 6.22. The summed E-state index contributed by atoms with van der Waals surface area (Å²) in [5.74, 6) is 0. The lowest BCUT2D eigenvalue weighted by molar-refractivity contribution is -0.00588. The molecule has 0 saturated carbocycles. The van der Waals surface area contributed by atoms with Crippen LogP contribution >= 0.6 is 15.9 Å². The number of aliphatic hydroxyl groups excluding tert-OH is 1. The Labute approximate surface area is 127 Å². The maximum absolute atomic E-state index is 12.1. The Hall–Kier alpha value is -1.07. The summed E-state index contributed by atoms with van der Waals surface area (Å²) in [7, 11) is 0. The minimum atomic E-state index is -0.441. The quantitative estimate of drug-likeness (QED) is 0.911. The van der Waals surface area contributed by atoms with E-state index in [1.54, 1.807) is 11.8 Å². The molecule has 5 heteroatoms. The number of benzene rings is 1. The maximum atomic E-state index is 12.1. The molecule has 0 spiro atoms. The van der Waals surface area contributed by atoms with Gasteiger partial charge in [-0.1, -0.05) is 28.1 Å². The van der Waals surface area contributed by atoms with Crippen molar-refractivity contribution in [1.82, 2.24) is 4.90 Å². The van der Waals surface area contributed by atoms with E-state index in [0.29, 0.717) is 13.0 Å². The van der Waals surface area contributed by atoms with Crippen LogP contribution in [0.1, 0.15) is 38.3 Å². The van der Waals surface area contributed by atoms with Crippen LogP contribution < -0.4 is 0 Å². The fourth-order valence-electron chi connectivity index (χ4n) is 2.46. The second-order valence-electron chi connectivity index (χ2n) is 5.30. The lowest BCUT2D eigenvalue weighted by atomic mass is 10.0. The molecule has 1 fully saturated rings. The van der Waals surface area contributed by atoms with Gasteiger partial charge in [-0.25, -0.2) is 4.79 Å². The van der Waals surface area contributed by atoms with Crippen LogP contribution in [-0.4, -0.2) is 34.9 Å². The van der Waals surface area contributed by atoms with Crippen molar-refractivity contribution in [3.8, 4) is 0 Å². The third-order valence-corrected chi connectivity index (χ3v) is 4.15. The summed E-state index contributed by atoms with van der Waals surface area (Å²) in [6, 6.07) is 7.94. The molecule has 1 aliphatic heterocycles. The number of cyclic esters (lactones) is 1. The minimum absolute atomic E-state index is 0.0110. The van der Waals surface area contributed by atoms with Crippen molar-refractivity contribution in [1.29, 1.82) is 0 Å². The summed E-state index contributed by atoms with van der Waals surface area (Å²) in [5.41, 5.74) is 1.08. The van der Waals surface area contributed by atoms with Gasteiger partial charge >= 0.3 is 6.09 Å². The van der Waals surface area contributed by atoms with Gasteiger partial charge in [0.15, 0.2) is 0 Å². The molecule has 0 aliphatic carbocycles. The number of rotatable bonds is 4. The van der Waals surface area contributed by atoms with Gasteiger partial charge in [-0.3, -0.25) is 0 Å². The highest BCUT2D eigenvalue weighted by molar-refractivity contribution is 9.10. The zero-order chi connectivity index (χ0) is 14.7. The molecule has 1 aliphatic rings. The van der Waals surface area contributed by atoms with E-state index in [1.807, 2.05) is 31.2 Å². The molecule has 1 heterocycles. The van der Waals surface area contributed by atoms with Crippen LogP contribution in [0, 0.1) is 0 Å². The average molecular weight is 342 g/mol. The lowest BCUT2D eigenvalue weighted by Gasteiger charge is -2.36. The normalized spacial score (nSPS) is 22.3. The van der Waals surface area contributed by atoms with Crippen molar-refractivity contribution < 1.29 is 14.6 Å². The molecule has 1 amide bonds. The van der Waals surface area contributed by atoms with Crippen molar-refractivity contribution in [3.05, 3.63) is 34.3 Å². The Balaban J connectivity index is 2.00. The molecule has 1 saturated heterocycles. The zero-order valence-electron chi connectivity index (χ0n) is 11.8. The number of amides is 1.